The molecule has 35 heavy (non-hydrogen) atoms. The molecular weight excluding hydrogens is 495 g/mol. The molecule has 2 unspecified atom stereocenters. The smallest absolute Gasteiger partial charge is 0.253 e. The lowest BCUT2D eigenvalue weighted by molar-refractivity contribution is 0.0786. The molecule has 1 aromatic heterocycles. The minimum absolute atomic E-state index is 0.0296. The van der Waals surface area contributed by atoms with Gasteiger partial charge in [-0.3, -0.25) is 4.79 Å². The van der Waals surface area contributed by atoms with Crippen molar-refractivity contribution in [2.24, 2.45) is 5.92 Å². The Labute approximate surface area is 220 Å². The molecule has 6 heteroatoms. The van der Waals surface area contributed by atoms with Gasteiger partial charge < -0.3 is 10.2 Å². The van der Waals surface area contributed by atoms with E-state index in [1.165, 1.54) is 22.3 Å². The van der Waals surface area contributed by atoms with Crippen LogP contribution in [0.15, 0.2) is 65.4 Å². The number of carbonyl (C=O) groups is 1. The van der Waals surface area contributed by atoms with Gasteiger partial charge in [0.15, 0.2) is 0 Å². The predicted molar refractivity (Wildman–Crippen MR) is 146 cm³/mol. The minimum Gasteiger partial charge on any atom is -0.338 e. The fraction of sp³-hybridized carbons (Fsp3) is 0.345. The maximum Gasteiger partial charge on any atom is 0.253 e. The normalized spacial score (nSPS) is 22.9. The SMILES string of the molecule is O=C(c1ccc(Cl)c(Cl)c1)N1CC(CC2=CC3(CCNCC3)c3ccccc32)C(c2ccsc2)C1. The van der Waals surface area contributed by atoms with Crippen molar-refractivity contribution >= 4 is 46.0 Å². The molecule has 3 aliphatic rings. The third-order valence-electron chi connectivity index (χ3n) is 8.10. The topological polar surface area (TPSA) is 32.3 Å². The lowest BCUT2D eigenvalue weighted by Crippen LogP contribution is -2.37. The summed E-state index contributed by atoms with van der Waals surface area (Å²) in [6.45, 7) is 3.59. The highest BCUT2D eigenvalue weighted by molar-refractivity contribution is 7.08. The Bertz CT molecular complexity index is 1280. The zero-order valence-electron chi connectivity index (χ0n) is 19.5. The van der Waals surface area contributed by atoms with Crippen LogP contribution in [0.4, 0.5) is 0 Å². The number of halogens is 2. The largest absolute Gasteiger partial charge is 0.338 e. The molecule has 2 saturated heterocycles. The summed E-state index contributed by atoms with van der Waals surface area (Å²) >= 11 is 14.0. The average Bonchev–Trinajstić information content (AvgIpc) is 3.61. The van der Waals surface area contributed by atoms with Gasteiger partial charge in [-0.2, -0.15) is 11.3 Å². The number of hydrogen-bond acceptors (Lipinski definition) is 3. The van der Waals surface area contributed by atoms with Crippen LogP contribution in [0.2, 0.25) is 10.0 Å². The lowest BCUT2D eigenvalue weighted by Gasteiger charge is -2.33. The number of nitrogens with zero attached hydrogens (tertiary/aromatic N) is 1. The molecule has 0 saturated carbocycles. The van der Waals surface area contributed by atoms with E-state index in [2.05, 4.69) is 52.5 Å². The number of allylic oxidation sites excluding steroid dienone is 2. The van der Waals surface area contributed by atoms with Crippen LogP contribution >= 0.6 is 34.5 Å². The highest BCUT2D eigenvalue weighted by Crippen LogP contribution is 2.49. The highest BCUT2D eigenvalue weighted by Gasteiger charge is 2.42. The summed E-state index contributed by atoms with van der Waals surface area (Å²) in [5, 5.41) is 8.81. The van der Waals surface area contributed by atoms with E-state index in [9.17, 15) is 4.79 Å². The van der Waals surface area contributed by atoms with Crippen molar-refractivity contribution in [2.45, 2.75) is 30.6 Å². The number of piperidine rings is 1. The standard InChI is InChI=1S/C29H28Cl2N2OS/c30-26-6-5-19(14-27(26)31)28(34)33-16-22(24(17-33)20-7-12-35-18-20)13-21-15-29(8-10-32-11-9-29)25-4-2-1-3-23(21)25/h1-7,12,14-15,18,22,24,32H,8-11,13,16-17H2. The van der Waals surface area contributed by atoms with E-state index >= 15 is 0 Å². The van der Waals surface area contributed by atoms with Crippen LogP contribution in [0.1, 0.15) is 52.2 Å². The molecule has 2 aromatic carbocycles. The van der Waals surface area contributed by atoms with Gasteiger partial charge in [-0.05, 0) is 95.6 Å². The van der Waals surface area contributed by atoms with Gasteiger partial charge in [0.1, 0.15) is 0 Å². The average molecular weight is 524 g/mol. The number of nitrogens with one attached hydrogen (secondary N) is 1. The summed E-state index contributed by atoms with van der Waals surface area (Å²) in [4.78, 5) is 15.5. The predicted octanol–water partition coefficient (Wildman–Crippen LogP) is 7.02. The third-order valence-corrected chi connectivity index (χ3v) is 9.54. The number of thiophene rings is 1. The van der Waals surface area contributed by atoms with E-state index in [1.54, 1.807) is 29.5 Å². The Balaban J connectivity index is 1.30. The molecule has 1 aliphatic carbocycles. The van der Waals surface area contributed by atoms with E-state index < -0.39 is 0 Å². The molecule has 1 amide bonds. The Hall–Kier alpha value is -2.11. The number of carbonyl (C=O) groups excluding carboxylic acids is 1. The molecule has 1 N–H and O–H groups in total. The summed E-state index contributed by atoms with van der Waals surface area (Å²) in [5.74, 6) is 0.722. The van der Waals surface area contributed by atoms with Crippen molar-refractivity contribution in [2.75, 3.05) is 26.2 Å². The van der Waals surface area contributed by atoms with Crippen molar-refractivity contribution in [1.29, 1.82) is 0 Å². The highest BCUT2D eigenvalue weighted by atomic mass is 35.5. The summed E-state index contributed by atoms with van der Waals surface area (Å²) in [6, 6.07) is 16.4. The Kier molecular flexibility index (Phi) is 6.26. The van der Waals surface area contributed by atoms with Crippen LogP contribution in [-0.2, 0) is 5.41 Å². The van der Waals surface area contributed by atoms with Crippen molar-refractivity contribution in [1.82, 2.24) is 10.2 Å². The summed E-state index contributed by atoms with van der Waals surface area (Å²) in [7, 11) is 0. The van der Waals surface area contributed by atoms with E-state index in [-0.39, 0.29) is 11.3 Å². The Morgan fingerprint density at radius 2 is 1.89 bits per heavy atom. The Morgan fingerprint density at radius 3 is 2.66 bits per heavy atom. The number of likely N-dealkylation sites (tertiary alicyclic amines) is 1. The molecule has 0 radical (unpaired) electrons. The van der Waals surface area contributed by atoms with Gasteiger partial charge >= 0.3 is 0 Å². The van der Waals surface area contributed by atoms with E-state index in [0.29, 0.717) is 27.4 Å². The van der Waals surface area contributed by atoms with Gasteiger partial charge in [0.25, 0.3) is 5.91 Å². The first kappa shape index (κ1) is 23.3. The number of hydrogen-bond donors (Lipinski definition) is 1. The number of benzene rings is 2. The summed E-state index contributed by atoms with van der Waals surface area (Å²) in [6.07, 6.45) is 5.85. The van der Waals surface area contributed by atoms with Gasteiger partial charge in [-0.25, -0.2) is 0 Å². The number of amides is 1. The third kappa shape index (κ3) is 4.25. The molecule has 2 fully saturated rings. The molecule has 2 aliphatic heterocycles. The first-order chi connectivity index (χ1) is 17.0. The fourth-order valence-electron chi connectivity index (χ4n) is 6.34. The maximum absolute atomic E-state index is 13.5. The summed E-state index contributed by atoms with van der Waals surface area (Å²) in [5.41, 5.74) is 6.45. The summed E-state index contributed by atoms with van der Waals surface area (Å²) < 4.78 is 0. The van der Waals surface area contributed by atoms with Crippen LogP contribution in [0.5, 0.6) is 0 Å². The molecule has 1 spiro atoms. The van der Waals surface area contributed by atoms with Crippen LogP contribution in [-0.4, -0.2) is 37.0 Å². The minimum atomic E-state index is 0.0296. The van der Waals surface area contributed by atoms with Crippen molar-refractivity contribution < 1.29 is 4.79 Å². The first-order valence-electron chi connectivity index (χ1n) is 12.3. The monoisotopic (exact) mass is 522 g/mol. The second-order valence-corrected chi connectivity index (χ2v) is 11.7. The van der Waals surface area contributed by atoms with Crippen molar-refractivity contribution in [3.05, 3.63) is 97.7 Å². The van der Waals surface area contributed by atoms with Crippen LogP contribution in [0.3, 0.4) is 0 Å². The van der Waals surface area contributed by atoms with E-state index in [4.69, 9.17) is 23.2 Å². The van der Waals surface area contributed by atoms with Gasteiger partial charge in [-0.15, -0.1) is 0 Å². The van der Waals surface area contributed by atoms with Crippen LogP contribution in [0.25, 0.3) is 5.57 Å². The molecule has 3 aromatic rings. The zero-order valence-corrected chi connectivity index (χ0v) is 21.8. The molecule has 6 rings (SSSR count). The molecule has 3 nitrogen and oxygen atoms in total. The first-order valence-corrected chi connectivity index (χ1v) is 14.0. The fourth-order valence-corrected chi connectivity index (χ4v) is 7.37. The second-order valence-electron chi connectivity index (χ2n) is 10.1. The van der Waals surface area contributed by atoms with Crippen molar-refractivity contribution in [3.8, 4) is 0 Å². The van der Waals surface area contributed by atoms with Crippen molar-refractivity contribution in [3.63, 3.8) is 0 Å². The van der Waals surface area contributed by atoms with Gasteiger partial charge in [-0.1, -0.05) is 53.5 Å². The van der Waals surface area contributed by atoms with Crippen LogP contribution < -0.4 is 5.32 Å². The van der Waals surface area contributed by atoms with E-state index in [1.807, 2.05) is 4.90 Å². The van der Waals surface area contributed by atoms with Gasteiger partial charge in [0, 0.05) is 30.0 Å². The zero-order chi connectivity index (χ0) is 24.0. The van der Waals surface area contributed by atoms with E-state index in [0.717, 1.165) is 45.4 Å². The quantitative estimate of drug-likeness (QED) is 0.399. The number of rotatable bonds is 4. The van der Waals surface area contributed by atoms with Crippen LogP contribution in [0, 0.1) is 5.92 Å². The second kappa shape index (κ2) is 9.40. The molecular formula is C29H28Cl2N2OS. The number of fused-ring (bicyclic) bond motifs is 2. The lowest BCUT2D eigenvalue weighted by atomic mass is 9.75. The molecule has 180 valence electrons. The van der Waals surface area contributed by atoms with Gasteiger partial charge in [0.05, 0.1) is 10.0 Å². The molecule has 3 heterocycles. The van der Waals surface area contributed by atoms with Gasteiger partial charge in [0.2, 0.25) is 0 Å². The Morgan fingerprint density at radius 1 is 1.06 bits per heavy atom. The maximum atomic E-state index is 13.5. The molecule has 0 bridgehead atoms. The molecule has 2 atom stereocenters.